The number of alkyl halides is 6. The Labute approximate surface area is 533 Å². The molecule has 23 heteroatoms. The van der Waals surface area contributed by atoms with E-state index in [1.807, 2.05) is 145 Å². The zero-order chi connectivity index (χ0) is 58.2. The van der Waals surface area contributed by atoms with Crippen molar-refractivity contribution in [3.8, 4) is 43.7 Å². The molecular weight excluding hydrogens is 1800 g/mol. The molecule has 6 heterocycles. The molecule has 6 aromatic heterocycles. The maximum absolute atomic E-state index is 12.2. The Morgan fingerprint density at radius 2 is 0.800 bits per heavy atom. The summed E-state index contributed by atoms with van der Waals surface area (Å²) in [7, 11) is 0. The van der Waals surface area contributed by atoms with Gasteiger partial charge in [0, 0.05) is 24.8 Å². The summed E-state index contributed by atoms with van der Waals surface area (Å²) >= 11 is 3.38. The Balaban J connectivity index is -0.000000156. The number of nitrogens with zero attached hydrogens (tertiary/aromatic N) is 11. The summed E-state index contributed by atoms with van der Waals surface area (Å²) in [4.78, 5) is 20.4. The number of aryl methyl sites for hydroxylation is 2. The van der Waals surface area contributed by atoms with Crippen molar-refractivity contribution < 1.29 is 116 Å². The summed E-state index contributed by atoms with van der Waals surface area (Å²) in [6, 6.07) is 58.1. The van der Waals surface area contributed by atoms with Crippen LogP contribution in [0.5, 0.6) is 0 Å². The van der Waals surface area contributed by atoms with Gasteiger partial charge >= 0.3 is 102 Å². The topological polar surface area (TPSA) is 218 Å². The average molecular weight is 1840 g/mol. The Bertz CT molecular complexity index is 2740. The van der Waals surface area contributed by atoms with Crippen molar-refractivity contribution in [2.45, 2.75) is 26.2 Å². The van der Waals surface area contributed by atoms with Crippen LogP contribution in [0.15, 0.2) is 176 Å². The quantitative estimate of drug-likeness (QED) is 0.0916. The molecule has 0 aliphatic rings. The van der Waals surface area contributed by atoms with Gasteiger partial charge in [0.2, 0.25) is 0 Å². The SMILES string of the molecule is Cc1[c-]c(C(F)(F)F)cc(C(F)(F)F)c1.Cc1c[c-]c(-c2ccccn2)s1.[Au+3].[Au+3].[Au+3].[Au+3].[C-]#N.[C-]#N.[C-]#N.[C-]#N.[C-]#N.[C-]#N.[C-]#N.[c-]1ccccc1-c1ccccn1.[c-]1ccccc1-c1ccccn1.[c-]1ccsc1-c1ccccn1. The molecule has 0 atom stereocenters. The molecule has 0 saturated heterocycles. The van der Waals surface area contributed by atoms with Crippen molar-refractivity contribution in [2.24, 2.45) is 0 Å². The van der Waals surface area contributed by atoms with E-state index in [2.05, 4.69) is 51.1 Å². The summed E-state index contributed by atoms with van der Waals surface area (Å²) in [5, 5.41) is 45.8. The second-order valence-electron chi connectivity index (χ2n) is 12.6. The molecule has 0 N–H and O–H groups in total. The minimum atomic E-state index is -4.81. The number of benzene rings is 3. The average Bonchev–Trinajstić information content (AvgIpc) is 4.21. The van der Waals surface area contributed by atoms with Crippen LogP contribution in [-0.2, 0) is 102 Å². The van der Waals surface area contributed by atoms with Gasteiger partial charge in [0.1, 0.15) is 0 Å². The van der Waals surface area contributed by atoms with Gasteiger partial charge in [0.15, 0.2) is 0 Å². The van der Waals surface area contributed by atoms with Gasteiger partial charge in [0.25, 0.3) is 0 Å². The van der Waals surface area contributed by atoms with Crippen LogP contribution in [-0.4, -0.2) is 19.9 Å². The maximum Gasteiger partial charge on any atom is 3.00 e. The molecule has 0 amide bonds. The molecule has 0 aliphatic carbocycles. The normalized spacial score (nSPS) is 8.38. The van der Waals surface area contributed by atoms with Crippen LogP contribution in [0.25, 0.3) is 43.7 Å². The van der Waals surface area contributed by atoms with Gasteiger partial charge in [0.05, 0.1) is 0 Å². The molecule has 0 aliphatic heterocycles. The van der Waals surface area contributed by atoms with Gasteiger partial charge in [-0.25, -0.2) is 22.7 Å². The van der Waals surface area contributed by atoms with Crippen molar-refractivity contribution in [1.29, 1.82) is 36.8 Å². The summed E-state index contributed by atoms with van der Waals surface area (Å²) in [5.74, 6) is 0. The Kier molecular flexibility index (Phi) is 59.4. The molecule has 0 radical (unpaired) electrons. The fraction of sp³-hybridized carbons (Fsp3) is 0.0702. The van der Waals surface area contributed by atoms with Crippen molar-refractivity contribution >= 4 is 22.7 Å². The van der Waals surface area contributed by atoms with Crippen molar-refractivity contribution in [1.82, 2.24) is 19.9 Å². The molecule has 11 nitrogen and oxygen atoms in total. The molecule has 80 heavy (non-hydrogen) atoms. The van der Waals surface area contributed by atoms with Gasteiger partial charge in [-0.05, 0) is 47.0 Å². The molecular formula is C57H35Au4F6N11S2. The number of aromatic nitrogens is 4. The van der Waals surface area contributed by atoms with E-state index in [4.69, 9.17) is 82.8 Å². The van der Waals surface area contributed by atoms with Crippen LogP contribution in [0.2, 0.25) is 0 Å². The summed E-state index contributed by atoms with van der Waals surface area (Å²) in [5.41, 5.74) is 3.11. The molecule has 0 fully saturated rings. The van der Waals surface area contributed by atoms with E-state index in [1.165, 1.54) is 4.88 Å². The zero-order valence-corrected chi connectivity index (χ0v) is 51.3. The number of pyridine rings is 4. The van der Waals surface area contributed by atoms with Crippen LogP contribution in [0, 0.1) is 127 Å². The van der Waals surface area contributed by atoms with Crippen molar-refractivity contribution in [3.05, 3.63) is 274 Å². The third-order valence-electron chi connectivity index (χ3n) is 7.87. The molecule has 416 valence electrons. The van der Waals surface area contributed by atoms with Gasteiger partial charge in [-0.15, -0.1) is 83.2 Å². The first-order valence-electron chi connectivity index (χ1n) is 20.1. The van der Waals surface area contributed by atoms with Gasteiger partial charge in [-0.1, -0.05) is 88.1 Å². The predicted molar refractivity (Wildman–Crippen MR) is 269 cm³/mol. The van der Waals surface area contributed by atoms with Crippen LogP contribution in [0.1, 0.15) is 21.6 Å². The third-order valence-corrected chi connectivity index (χ3v) is 9.68. The zero-order valence-electron chi connectivity index (χ0n) is 41.0. The third kappa shape index (κ3) is 36.7. The van der Waals surface area contributed by atoms with E-state index in [9.17, 15) is 26.3 Å². The Morgan fingerprint density at radius 1 is 0.425 bits per heavy atom. The first-order chi connectivity index (χ1) is 36.9. The largest absolute Gasteiger partial charge is 3.00 e. The fourth-order valence-corrected chi connectivity index (χ4v) is 6.50. The van der Waals surface area contributed by atoms with E-state index in [0.29, 0.717) is 6.07 Å². The van der Waals surface area contributed by atoms with Crippen LogP contribution < -0.4 is 0 Å². The second-order valence-corrected chi connectivity index (χ2v) is 14.8. The van der Waals surface area contributed by atoms with Gasteiger partial charge < -0.3 is 103 Å². The first kappa shape index (κ1) is 86.5. The van der Waals surface area contributed by atoms with Gasteiger partial charge in [-0.3, -0.25) is 0 Å². The number of halogens is 6. The van der Waals surface area contributed by atoms with Crippen molar-refractivity contribution in [2.75, 3.05) is 0 Å². The molecule has 0 saturated carbocycles. The minimum absolute atomic E-state index is 0. The van der Waals surface area contributed by atoms with Crippen molar-refractivity contribution in [3.63, 3.8) is 0 Å². The molecule has 0 unspecified atom stereocenters. The van der Waals surface area contributed by atoms with Crippen LogP contribution in [0.4, 0.5) is 26.3 Å². The number of hydrogen-bond acceptors (Lipinski definition) is 13. The summed E-state index contributed by atoms with van der Waals surface area (Å²) in [6.07, 6.45) is -2.42. The Hall–Kier alpha value is -7.37. The molecule has 9 rings (SSSR count). The Morgan fingerprint density at radius 3 is 1.09 bits per heavy atom. The van der Waals surface area contributed by atoms with Gasteiger partial charge in [-0.2, -0.15) is 68.3 Å². The minimum Gasteiger partial charge on any atom is -0.512 e. The fourth-order valence-electron chi connectivity index (χ4n) is 5.07. The maximum atomic E-state index is 12.2. The second kappa shape index (κ2) is 55.0. The molecule has 0 bridgehead atoms. The predicted octanol–water partition coefficient (Wildman–Crippen LogP) is 15.1. The van der Waals surface area contributed by atoms with Crippen LogP contribution >= 0.6 is 22.7 Å². The smallest absolute Gasteiger partial charge is 0.512 e. The standard InChI is InChI=1S/2C11H8N.C10H8NS.C9H5F6.C9H6NS.7CN.4Au/c2*1-2-6-10(7-3-1)11-8-4-5-9-12-11;1-8-5-6-10(12-8)9-4-2-3-7-11-9;1-5-2-6(8(10,11)12)4-7(3-5)9(13,14)15;1-2-6-10-8(4-1)9-5-3-7-11-9;7*1-2;;;;/h2*1-6,8-9H;2-5,7H,1H3;2,4H,1H3;1-4,6-7H;;;;;;;;;;;/q12*-1;4*+3. The molecule has 3 aromatic carbocycles. The number of rotatable bonds is 4. The van der Waals surface area contributed by atoms with E-state index in [1.54, 1.807) is 47.5 Å². The summed E-state index contributed by atoms with van der Waals surface area (Å²) < 4.78 is 72.9. The monoisotopic (exact) mass is 1840 g/mol. The number of thiophene rings is 2. The molecule has 9 aromatic rings. The summed E-state index contributed by atoms with van der Waals surface area (Å²) in [6.45, 7) is 36.5. The first-order valence-corrected chi connectivity index (χ1v) is 21.8. The number of hydrogen-bond donors (Lipinski definition) is 0. The van der Waals surface area contributed by atoms with E-state index >= 15 is 0 Å². The van der Waals surface area contributed by atoms with E-state index in [-0.39, 0.29) is 101 Å². The molecule has 0 spiro atoms. The van der Waals surface area contributed by atoms with E-state index < -0.39 is 23.5 Å². The van der Waals surface area contributed by atoms with E-state index in [0.717, 1.165) is 50.6 Å². The van der Waals surface area contributed by atoms with Crippen LogP contribution in [0.3, 0.4) is 0 Å².